The predicted molar refractivity (Wildman–Crippen MR) is 81.6 cm³/mol. The van der Waals surface area contributed by atoms with Crippen LogP contribution in [0.3, 0.4) is 0 Å². The largest absolute Gasteiger partial charge is 0.383 e. The van der Waals surface area contributed by atoms with Crippen LogP contribution in [0.2, 0.25) is 0 Å². The van der Waals surface area contributed by atoms with Crippen LogP contribution in [-0.4, -0.2) is 26.0 Å². The molecule has 1 aliphatic rings. The normalized spacial score (nSPS) is 19.4. The Kier molecular flexibility index (Phi) is 3.17. The zero-order valence-electron chi connectivity index (χ0n) is 11.7. The number of nitrogens with zero attached hydrogens (tertiary/aromatic N) is 3. The summed E-state index contributed by atoms with van der Waals surface area (Å²) in [5.74, 6) is 4.68. The van der Waals surface area contributed by atoms with Crippen LogP contribution in [0.4, 0.5) is 5.82 Å². The number of fused-ring (bicyclic) bond motifs is 1. The van der Waals surface area contributed by atoms with E-state index in [1.807, 2.05) is 6.92 Å². The number of hydrogen-bond donors (Lipinski definition) is 1. The van der Waals surface area contributed by atoms with Gasteiger partial charge in [-0.15, -0.1) is 0 Å². The quantitative estimate of drug-likeness (QED) is 0.916. The van der Waals surface area contributed by atoms with Crippen molar-refractivity contribution in [2.24, 2.45) is 5.92 Å². The fourth-order valence-electron chi connectivity index (χ4n) is 2.89. The second-order valence-corrected chi connectivity index (χ2v) is 6.56. The Morgan fingerprint density at radius 1 is 1.32 bits per heavy atom. The standard InChI is InChI=1S/C14H20N4S/c1-8-9(2)18(6-11-4-5-19-7-11)14-12(8)13(15)16-10(3)17-14/h11H,4-7H2,1-3H3,(H2,15,16,17). The highest BCUT2D eigenvalue weighted by atomic mass is 32.2. The van der Waals surface area contributed by atoms with Gasteiger partial charge in [-0.2, -0.15) is 11.8 Å². The van der Waals surface area contributed by atoms with Gasteiger partial charge in [-0.05, 0) is 50.2 Å². The number of aryl methyl sites for hydroxylation is 2. The zero-order chi connectivity index (χ0) is 13.6. The summed E-state index contributed by atoms with van der Waals surface area (Å²) in [6.45, 7) is 7.24. The van der Waals surface area contributed by atoms with Crippen LogP contribution in [0.5, 0.6) is 0 Å². The zero-order valence-corrected chi connectivity index (χ0v) is 12.5. The number of hydrogen-bond acceptors (Lipinski definition) is 4. The molecule has 0 bridgehead atoms. The molecule has 102 valence electrons. The highest BCUT2D eigenvalue weighted by Gasteiger charge is 2.21. The third kappa shape index (κ3) is 2.10. The molecule has 5 heteroatoms. The van der Waals surface area contributed by atoms with Crippen molar-refractivity contribution in [1.82, 2.24) is 14.5 Å². The van der Waals surface area contributed by atoms with Gasteiger partial charge in [0.1, 0.15) is 17.3 Å². The minimum absolute atomic E-state index is 0.614. The number of thioether (sulfide) groups is 1. The Labute approximate surface area is 117 Å². The summed E-state index contributed by atoms with van der Waals surface area (Å²) in [4.78, 5) is 8.92. The van der Waals surface area contributed by atoms with Gasteiger partial charge in [0, 0.05) is 12.2 Å². The van der Waals surface area contributed by atoms with Gasteiger partial charge in [0.15, 0.2) is 0 Å². The van der Waals surface area contributed by atoms with Gasteiger partial charge >= 0.3 is 0 Å². The Morgan fingerprint density at radius 2 is 2.11 bits per heavy atom. The molecule has 1 aliphatic heterocycles. The molecule has 19 heavy (non-hydrogen) atoms. The topological polar surface area (TPSA) is 56.7 Å². The number of anilines is 1. The van der Waals surface area contributed by atoms with Crippen molar-refractivity contribution in [1.29, 1.82) is 0 Å². The van der Waals surface area contributed by atoms with E-state index in [-0.39, 0.29) is 0 Å². The molecule has 2 aromatic heterocycles. The molecule has 1 atom stereocenters. The lowest BCUT2D eigenvalue weighted by Crippen LogP contribution is -2.12. The first-order chi connectivity index (χ1) is 9.08. The van der Waals surface area contributed by atoms with Gasteiger partial charge in [-0.1, -0.05) is 0 Å². The van der Waals surface area contributed by atoms with Gasteiger partial charge in [0.25, 0.3) is 0 Å². The molecule has 1 saturated heterocycles. The van der Waals surface area contributed by atoms with E-state index in [9.17, 15) is 0 Å². The van der Waals surface area contributed by atoms with Crippen LogP contribution in [0.15, 0.2) is 0 Å². The van der Waals surface area contributed by atoms with E-state index in [0.717, 1.165) is 29.3 Å². The first-order valence-electron chi connectivity index (χ1n) is 6.75. The fourth-order valence-corrected chi connectivity index (χ4v) is 4.16. The smallest absolute Gasteiger partial charge is 0.146 e. The Bertz CT molecular complexity index is 626. The molecule has 0 radical (unpaired) electrons. The molecule has 2 N–H and O–H groups in total. The average Bonchev–Trinajstić information content (AvgIpc) is 2.93. The van der Waals surface area contributed by atoms with E-state index in [1.54, 1.807) is 0 Å². The van der Waals surface area contributed by atoms with Gasteiger partial charge in [0.05, 0.1) is 5.39 Å². The number of rotatable bonds is 2. The minimum atomic E-state index is 0.614. The molecule has 0 spiro atoms. The van der Waals surface area contributed by atoms with E-state index in [1.165, 1.54) is 29.2 Å². The van der Waals surface area contributed by atoms with Crippen molar-refractivity contribution < 1.29 is 0 Å². The van der Waals surface area contributed by atoms with Crippen molar-refractivity contribution in [3.05, 3.63) is 17.1 Å². The first kappa shape index (κ1) is 12.8. The maximum absolute atomic E-state index is 6.08. The van der Waals surface area contributed by atoms with E-state index in [0.29, 0.717) is 5.82 Å². The molecular weight excluding hydrogens is 256 g/mol. The van der Waals surface area contributed by atoms with Gasteiger partial charge in [-0.3, -0.25) is 0 Å². The van der Waals surface area contributed by atoms with Crippen LogP contribution in [-0.2, 0) is 6.54 Å². The van der Waals surface area contributed by atoms with Crippen molar-refractivity contribution in [3.63, 3.8) is 0 Å². The molecule has 3 rings (SSSR count). The summed E-state index contributed by atoms with van der Waals surface area (Å²) < 4.78 is 2.34. The molecule has 0 saturated carbocycles. The lowest BCUT2D eigenvalue weighted by atomic mass is 10.1. The molecule has 1 unspecified atom stereocenters. The SMILES string of the molecule is Cc1nc(N)c2c(C)c(C)n(CC3CCSC3)c2n1. The predicted octanol–water partition coefficient (Wildman–Crippen LogP) is 2.69. The molecule has 0 amide bonds. The summed E-state index contributed by atoms with van der Waals surface area (Å²) in [7, 11) is 0. The van der Waals surface area contributed by atoms with E-state index < -0.39 is 0 Å². The first-order valence-corrected chi connectivity index (χ1v) is 7.90. The Morgan fingerprint density at radius 3 is 2.79 bits per heavy atom. The van der Waals surface area contributed by atoms with Gasteiger partial charge < -0.3 is 10.3 Å². The highest BCUT2D eigenvalue weighted by molar-refractivity contribution is 7.99. The third-order valence-corrected chi connectivity index (χ3v) is 5.30. The molecule has 0 aromatic carbocycles. The maximum Gasteiger partial charge on any atom is 0.146 e. The number of nitrogens with two attached hydrogens (primary N) is 1. The average molecular weight is 276 g/mol. The molecule has 0 aliphatic carbocycles. The van der Waals surface area contributed by atoms with Crippen LogP contribution in [0.25, 0.3) is 11.0 Å². The lowest BCUT2D eigenvalue weighted by Gasteiger charge is -2.13. The minimum Gasteiger partial charge on any atom is -0.383 e. The van der Waals surface area contributed by atoms with Crippen molar-refractivity contribution in [2.75, 3.05) is 17.2 Å². The van der Waals surface area contributed by atoms with Gasteiger partial charge in [0.2, 0.25) is 0 Å². The summed E-state index contributed by atoms with van der Waals surface area (Å²) >= 11 is 2.06. The number of nitrogen functional groups attached to an aromatic ring is 1. The molecule has 4 nitrogen and oxygen atoms in total. The van der Waals surface area contributed by atoms with E-state index >= 15 is 0 Å². The summed E-state index contributed by atoms with van der Waals surface area (Å²) in [5, 5.41) is 1.04. The van der Waals surface area contributed by atoms with Crippen LogP contribution in [0, 0.1) is 26.7 Å². The van der Waals surface area contributed by atoms with Gasteiger partial charge in [-0.25, -0.2) is 9.97 Å². The molecular formula is C14H20N4S. The summed E-state index contributed by atoms with van der Waals surface area (Å²) in [6.07, 6.45) is 1.31. The highest BCUT2D eigenvalue weighted by Crippen LogP contribution is 2.31. The number of aromatic nitrogens is 3. The maximum atomic E-state index is 6.08. The molecule has 1 fully saturated rings. The second kappa shape index (κ2) is 4.71. The van der Waals surface area contributed by atoms with Crippen LogP contribution >= 0.6 is 11.8 Å². The molecule has 3 heterocycles. The third-order valence-electron chi connectivity index (χ3n) is 4.07. The van der Waals surface area contributed by atoms with Crippen LogP contribution < -0.4 is 5.73 Å². The Balaban J connectivity index is 2.14. The summed E-state index contributed by atoms with van der Waals surface area (Å²) in [6, 6.07) is 0. The monoisotopic (exact) mass is 276 g/mol. The second-order valence-electron chi connectivity index (χ2n) is 5.41. The Hall–Kier alpha value is -1.23. The van der Waals surface area contributed by atoms with Crippen LogP contribution in [0.1, 0.15) is 23.5 Å². The molecule has 2 aromatic rings. The lowest BCUT2D eigenvalue weighted by molar-refractivity contribution is 0.494. The van der Waals surface area contributed by atoms with E-state index in [2.05, 4.69) is 40.1 Å². The summed E-state index contributed by atoms with van der Waals surface area (Å²) in [5.41, 5.74) is 9.59. The van der Waals surface area contributed by atoms with Crippen molar-refractivity contribution in [2.45, 2.75) is 33.7 Å². The van der Waals surface area contributed by atoms with Crippen molar-refractivity contribution in [3.8, 4) is 0 Å². The van der Waals surface area contributed by atoms with E-state index in [4.69, 9.17) is 5.73 Å². The van der Waals surface area contributed by atoms with Crippen molar-refractivity contribution >= 4 is 28.6 Å². The fraction of sp³-hybridized carbons (Fsp3) is 0.571.